The van der Waals surface area contributed by atoms with E-state index in [1.165, 1.54) is 0 Å². The first-order valence-electron chi connectivity index (χ1n) is 6.21. The van der Waals surface area contributed by atoms with Gasteiger partial charge in [0.2, 0.25) is 0 Å². The van der Waals surface area contributed by atoms with Gasteiger partial charge in [-0.2, -0.15) is 0 Å². The van der Waals surface area contributed by atoms with Crippen molar-refractivity contribution < 1.29 is 9.53 Å². The standard InChI is InChI=1S/C15H19NO2/c1-11(2)16-14(17)10-13(18-15(16,3)4)12-8-6-5-7-9-12/h5-11H,1-4H3. The van der Waals surface area contributed by atoms with Gasteiger partial charge in [0.25, 0.3) is 5.91 Å². The number of hydrogen-bond acceptors (Lipinski definition) is 2. The summed E-state index contributed by atoms with van der Waals surface area (Å²) in [6, 6.07) is 9.82. The minimum absolute atomic E-state index is 0.0000954. The Balaban J connectivity index is 2.38. The zero-order valence-corrected chi connectivity index (χ0v) is 11.3. The van der Waals surface area contributed by atoms with E-state index in [1.807, 2.05) is 58.0 Å². The summed E-state index contributed by atoms with van der Waals surface area (Å²) in [7, 11) is 0. The minimum Gasteiger partial charge on any atom is -0.468 e. The van der Waals surface area contributed by atoms with E-state index in [9.17, 15) is 4.79 Å². The molecule has 3 nitrogen and oxygen atoms in total. The Morgan fingerprint density at radius 3 is 2.28 bits per heavy atom. The lowest BCUT2D eigenvalue weighted by Crippen LogP contribution is -2.54. The molecule has 1 amide bonds. The monoisotopic (exact) mass is 245 g/mol. The minimum atomic E-state index is -0.620. The van der Waals surface area contributed by atoms with Gasteiger partial charge in [-0.05, 0) is 27.7 Å². The van der Waals surface area contributed by atoms with Crippen LogP contribution in [0.3, 0.4) is 0 Å². The molecule has 3 heteroatoms. The number of nitrogens with zero attached hydrogens (tertiary/aromatic N) is 1. The highest BCUT2D eigenvalue weighted by Gasteiger charge is 2.38. The predicted molar refractivity (Wildman–Crippen MR) is 71.6 cm³/mol. The number of carbonyl (C=O) groups excluding carboxylic acids is 1. The third-order valence-corrected chi connectivity index (χ3v) is 3.01. The van der Waals surface area contributed by atoms with E-state index in [0.717, 1.165) is 5.56 Å². The van der Waals surface area contributed by atoms with Crippen LogP contribution < -0.4 is 0 Å². The number of benzene rings is 1. The van der Waals surface area contributed by atoms with Gasteiger partial charge < -0.3 is 4.74 Å². The summed E-state index contributed by atoms with van der Waals surface area (Å²) in [5, 5.41) is 0. The van der Waals surface area contributed by atoms with Crippen LogP contribution >= 0.6 is 0 Å². The first-order chi connectivity index (χ1) is 8.42. The molecule has 96 valence electrons. The second-order valence-electron chi connectivity index (χ2n) is 5.23. The van der Waals surface area contributed by atoms with E-state index in [-0.39, 0.29) is 11.9 Å². The molecule has 0 radical (unpaired) electrons. The van der Waals surface area contributed by atoms with Crippen LogP contribution in [-0.4, -0.2) is 22.6 Å². The molecule has 0 aromatic heterocycles. The third-order valence-electron chi connectivity index (χ3n) is 3.01. The van der Waals surface area contributed by atoms with Gasteiger partial charge in [-0.3, -0.25) is 9.69 Å². The summed E-state index contributed by atoms with van der Waals surface area (Å²) in [4.78, 5) is 14.0. The average Bonchev–Trinajstić information content (AvgIpc) is 2.27. The van der Waals surface area contributed by atoms with Crippen molar-refractivity contribution in [1.29, 1.82) is 0 Å². The van der Waals surface area contributed by atoms with E-state index in [2.05, 4.69) is 0 Å². The zero-order chi connectivity index (χ0) is 13.3. The zero-order valence-electron chi connectivity index (χ0n) is 11.3. The fraction of sp³-hybridized carbons (Fsp3) is 0.400. The largest absolute Gasteiger partial charge is 0.468 e. The highest BCUT2D eigenvalue weighted by atomic mass is 16.5. The number of rotatable bonds is 2. The van der Waals surface area contributed by atoms with Crippen LogP contribution in [0, 0.1) is 0 Å². The maximum absolute atomic E-state index is 12.2. The summed E-state index contributed by atoms with van der Waals surface area (Å²) in [6.07, 6.45) is 1.57. The lowest BCUT2D eigenvalue weighted by Gasteiger charge is -2.44. The quantitative estimate of drug-likeness (QED) is 0.801. The van der Waals surface area contributed by atoms with Crippen LogP contribution in [0.15, 0.2) is 36.4 Å². The molecule has 0 unspecified atom stereocenters. The van der Waals surface area contributed by atoms with Gasteiger partial charge in [0, 0.05) is 17.7 Å². The van der Waals surface area contributed by atoms with Crippen LogP contribution in [0.2, 0.25) is 0 Å². The van der Waals surface area contributed by atoms with Crippen molar-refractivity contribution in [3.63, 3.8) is 0 Å². The smallest absolute Gasteiger partial charge is 0.253 e. The molecule has 1 aromatic rings. The Morgan fingerprint density at radius 2 is 1.78 bits per heavy atom. The average molecular weight is 245 g/mol. The van der Waals surface area contributed by atoms with Crippen molar-refractivity contribution in [3.8, 4) is 0 Å². The van der Waals surface area contributed by atoms with E-state index in [1.54, 1.807) is 11.0 Å². The highest BCUT2D eigenvalue weighted by molar-refractivity contribution is 5.95. The van der Waals surface area contributed by atoms with Gasteiger partial charge in [-0.1, -0.05) is 30.3 Å². The van der Waals surface area contributed by atoms with Crippen molar-refractivity contribution in [3.05, 3.63) is 42.0 Å². The van der Waals surface area contributed by atoms with Gasteiger partial charge in [-0.25, -0.2) is 0 Å². The Morgan fingerprint density at radius 1 is 1.17 bits per heavy atom. The molecule has 0 atom stereocenters. The Hall–Kier alpha value is -1.77. The molecule has 0 fully saturated rings. The lowest BCUT2D eigenvalue weighted by atomic mass is 10.1. The maximum Gasteiger partial charge on any atom is 0.253 e. The van der Waals surface area contributed by atoms with Crippen molar-refractivity contribution in [2.75, 3.05) is 0 Å². The number of ether oxygens (including phenoxy) is 1. The molecule has 0 aliphatic carbocycles. The number of hydrogen-bond donors (Lipinski definition) is 0. The topological polar surface area (TPSA) is 29.5 Å². The van der Waals surface area contributed by atoms with Crippen molar-refractivity contribution >= 4 is 11.7 Å². The molecule has 0 saturated carbocycles. The van der Waals surface area contributed by atoms with Crippen molar-refractivity contribution in [2.24, 2.45) is 0 Å². The summed E-state index contributed by atoms with van der Waals surface area (Å²) >= 11 is 0. The summed E-state index contributed by atoms with van der Waals surface area (Å²) < 4.78 is 5.97. The van der Waals surface area contributed by atoms with Gasteiger partial charge in [-0.15, -0.1) is 0 Å². The Kier molecular flexibility index (Phi) is 3.16. The summed E-state index contributed by atoms with van der Waals surface area (Å²) in [5.41, 5.74) is 0.313. The van der Waals surface area contributed by atoms with Gasteiger partial charge >= 0.3 is 0 Å². The molecular formula is C15H19NO2. The Labute approximate surface area is 108 Å². The third kappa shape index (κ3) is 2.26. The first-order valence-corrected chi connectivity index (χ1v) is 6.21. The molecule has 1 aliphatic heterocycles. The summed E-state index contributed by atoms with van der Waals surface area (Å²) in [6.45, 7) is 7.82. The van der Waals surface area contributed by atoms with Crippen LogP contribution in [0.1, 0.15) is 33.3 Å². The molecule has 2 rings (SSSR count). The normalized spacial score (nSPS) is 18.6. The highest BCUT2D eigenvalue weighted by Crippen LogP contribution is 2.32. The molecule has 0 spiro atoms. The number of amides is 1. The number of carbonyl (C=O) groups is 1. The van der Waals surface area contributed by atoms with E-state index in [4.69, 9.17) is 4.74 Å². The van der Waals surface area contributed by atoms with Gasteiger partial charge in [0.05, 0.1) is 0 Å². The van der Waals surface area contributed by atoms with Crippen LogP contribution in [0.4, 0.5) is 0 Å². The van der Waals surface area contributed by atoms with E-state index in [0.29, 0.717) is 5.76 Å². The van der Waals surface area contributed by atoms with Crippen LogP contribution in [0.5, 0.6) is 0 Å². The summed E-state index contributed by atoms with van der Waals surface area (Å²) in [5.74, 6) is 0.641. The van der Waals surface area contributed by atoms with Crippen LogP contribution in [-0.2, 0) is 9.53 Å². The molecular weight excluding hydrogens is 226 g/mol. The lowest BCUT2D eigenvalue weighted by molar-refractivity contribution is -0.156. The molecule has 0 saturated heterocycles. The molecule has 18 heavy (non-hydrogen) atoms. The molecule has 0 bridgehead atoms. The molecule has 1 heterocycles. The van der Waals surface area contributed by atoms with Gasteiger partial charge in [0.1, 0.15) is 5.76 Å². The van der Waals surface area contributed by atoms with E-state index >= 15 is 0 Å². The molecule has 1 aromatic carbocycles. The fourth-order valence-electron chi connectivity index (χ4n) is 2.42. The van der Waals surface area contributed by atoms with Crippen molar-refractivity contribution in [1.82, 2.24) is 4.90 Å². The SMILES string of the molecule is CC(C)N1C(=O)C=C(c2ccccc2)OC1(C)C. The van der Waals surface area contributed by atoms with Crippen molar-refractivity contribution in [2.45, 2.75) is 39.5 Å². The predicted octanol–water partition coefficient (Wildman–Crippen LogP) is 3.03. The molecule has 1 aliphatic rings. The van der Waals surface area contributed by atoms with E-state index < -0.39 is 5.72 Å². The second-order valence-corrected chi connectivity index (χ2v) is 5.23. The molecule has 0 N–H and O–H groups in total. The Bertz CT molecular complexity index is 475. The maximum atomic E-state index is 12.2. The first kappa shape index (κ1) is 12.7. The fourth-order valence-corrected chi connectivity index (χ4v) is 2.42. The van der Waals surface area contributed by atoms with Gasteiger partial charge in [0.15, 0.2) is 5.72 Å². The van der Waals surface area contributed by atoms with Crippen LogP contribution in [0.25, 0.3) is 5.76 Å². The second kappa shape index (κ2) is 4.48.